The lowest BCUT2D eigenvalue weighted by Crippen LogP contribution is -2.20. The summed E-state index contributed by atoms with van der Waals surface area (Å²) in [5.74, 6) is -0.490. The zero-order valence-electron chi connectivity index (χ0n) is 11.0. The molecular formula is C16H12N2O3. The zero-order chi connectivity index (χ0) is 14.8. The van der Waals surface area contributed by atoms with Crippen molar-refractivity contribution in [2.75, 3.05) is 5.32 Å². The van der Waals surface area contributed by atoms with E-state index in [9.17, 15) is 9.90 Å². The largest absolute Gasteiger partial charge is 0.504 e. The Labute approximate surface area is 120 Å². The first-order chi connectivity index (χ1) is 10.1. The maximum atomic E-state index is 12.2. The summed E-state index contributed by atoms with van der Waals surface area (Å²) in [6.45, 7) is 0. The minimum absolute atomic E-state index is 0.0592. The Morgan fingerprint density at radius 3 is 2.62 bits per heavy atom. The number of carbonyl (C=O) groups is 1. The molecule has 3 rings (SSSR count). The van der Waals surface area contributed by atoms with E-state index in [1.807, 2.05) is 6.07 Å². The van der Waals surface area contributed by atoms with Gasteiger partial charge in [0.2, 0.25) is 5.55 Å². The number of nitrogens with one attached hydrogen (secondary N) is 2. The van der Waals surface area contributed by atoms with Crippen molar-refractivity contribution >= 4 is 22.6 Å². The van der Waals surface area contributed by atoms with Gasteiger partial charge in [0.15, 0.2) is 11.3 Å². The van der Waals surface area contributed by atoms with Crippen molar-refractivity contribution in [3.8, 4) is 5.75 Å². The number of aromatic hydroxyl groups is 1. The number of benzene rings is 2. The highest BCUT2D eigenvalue weighted by Crippen LogP contribution is 2.23. The van der Waals surface area contributed by atoms with E-state index >= 15 is 0 Å². The second kappa shape index (κ2) is 5.13. The zero-order valence-corrected chi connectivity index (χ0v) is 11.0. The fraction of sp³-hybridized carbons (Fsp3) is 0. The van der Waals surface area contributed by atoms with Crippen LogP contribution < -0.4 is 10.9 Å². The second-order valence-electron chi connectivity index (χ2n) is 4.50. The molecule has 1 aromatic heterocycles. The van der Waals surface area contributed by atoms with Crippen LogP contribution in [0.3, 0.4) is 0 Å². The second-order valence-corrected chi connectivity index (χ2v) is 4.50. The molecule has 1 amide bonds. The van der Waals surface area contributed by atoms with Crippen molar-refractivity contribution in [3.05, 3.63) is 65.7 Å². The van der Waals surface area contributed by atoms with Crippen molar-refractivity contribution in [2.24, 2.45) is 0 Å². The Morgan fingerprint density at radius 1 is 1.10 bits per heavy atom. The van der Waals surface area contributed by atoms with Crippen LogP contribution in [0.2, 0.25) is 0 Å². The molecule has 0 radical (unpaired) electrons. The summed E-state index contributed by atoms with van der Waals surface area (Å²) in [6.07, 6.45) is 0. The smallest absolute Gasteiger partial charge is 0.261 e. The lowest BCUT2D eigenvalue weighted by Gasteiger charge is -2.06. The molecule has 0 unspecified atom stereocenters. The summed E-state index contributed by atoms with van der Waals surface area (Å²) < 4.78 is 5.24. The molecule has 0 aliphatic carbocycles. The van der Waals surface area contributed by atoms with Crippen molar-refractivity contribution in [1.82, 2.24) is 0 Å². The first-order valence-electron chi connectivity index (χ1n) is 6.32. The first-order valence-corrected chi connectivity index (χ1v) is 6.32. The Balaban J connectivity index is 2.02. The summed E-state index contributed by atoms with van der Waals surface area (Å²) in [5.41, 5.74) is 0.644. The lowest BCUT2D eigenvalue weighted by atomic mass is 10.1. The fourth-order valence-electron chi connectivity index (χ4n) is 2.03. The van der Waals surface area contributed by atoms with Crippen molar-refractivity contribution in [1.29, 1.82) is 5.41 Å². The molecule has 21 heavy (non-hydrogen) atoms. The van der Waals surface area contributed by atoms with E-state index < -0.39 is 5.91 Å². The monoisotopic (exact) mass is 280 g/mol. The summed E-state index contributed by atoms with van der Waals surface area (Å²) in [7, 11) is 0. The first kappa shape index (κ1) is 12.9. The molecule has 0 spiro atoms. The van der Waals surface area contributed by atoms with Gasteiger partial charge in [0.1, 0.15) is 5.56 Å². The molecular weight excluding hydrogens is 268 g/mol. The highest BCUT2D eigenvalue weighted by Gasteiger charge is 2.13. The number of phenols is 1. The fourth-order valence-corrected chi connectivity index (χ4v) is 2.03. The van der Waals surface area contributed by atoms with E-state index in [0.29, 0.717) is 11.1 Å². The maximum absolute atomic E-state index is 12.2. The molecule has 5 nitrogen and oxygen atoms in total. The van der Waals surface area contributed by atoms with E-state index in [1.54, 1.807) is 36.4 Å². The van der Waals surface area contributed by atoms with Gasteiger partial charge in [0, 0.05) is 11.1 Å². The van der Waals surface area contributed by atoms with E-state index in [2.05, 4.69) is 5.32 Å². The molecule has 0 bridgehead atoms. The Morgan fingerprint density at radius 2 is 1.86 bits per heavy atom. The topological polar surface area (TPSA) is 86.3 Å². The van der Waals surface area contributed by atoms with Gasteiger partial charge < -0.3 is 14.8 Å². The number of fused-ring (bicyclic) bond motifs is 1. The van der Waals surface area contributed by atoms with E-state index in [-0.39, 0.29) is 22.5 Å². The normalized spacial score (nSPS) is 10.5. The Kier molecular flexibility index (Phi) is 3.16. The standard InChI is InChI=1S/C16H12N2O3/c17-15-12(16(20)18-11-6-2-1-3-7-11)9-10-5-4-8-13(19)14(10)21-15/h1-9,17,19H,(H,18,20). The molecule has 0 saturated carbocycles. The van der Waals surface area contributed by atoms with Crippen molar-refractivity contribution < 1.29 is 14.3 Å². The van der Waals surface area contributed by atoms with Gasteiger partial charge in [-0.2, -0.15) is 0 Å². The van der Waals surface area contributed by atoms with Gasteiger partial charge in [-0.25, -0.2) is 0 Å². The SMILES string of the molecule is N=c1oc2c(O)cccc2cc1C(=O)Nc1ccccc1. The lowest BCUT2D eigenvalue weighted by molar-refractivity contribution is 0.102. The molecule has 3 aromatic rings. The number of phenolic OH excluding ortho intramolecular Hbond substituents is 1. The number of para-hydroxylation sites is 2. The molecule has 1 heterocycles. The average molecular weight is 280 g/mol. The highest BCUT2D eigenvalue weighted by atomic mass is 16.4. The molecule has 0 fully saturated rings. The van der Waals surface area contributed by atoms with Crippen LogP contribution >= 0.6 is 0 Å². The number of carbonyl (C=O) groups excluding carboxylic acids is 1. The van der Waals surface area contributed by atoms with Crippen LogP contribution in [0, 0.1) is 5.41 Å². The number of hydrogen-bond acceptors (Lipinski definition) is 4. The minimum Gasteiger partial charge on any atom is -0.504 e. The molecule has 0 aliphatic rings. The van der Waals surface area contributed by atoms with Crippen molar-refractivity contribution in [2.45, 2.75) is 0 Å². The maximum Gasteiger partial charge on any atom is 0.261 e. The quantitative estimate of drug-likeness (QED) is 0.674. The average Bonchev–Trinajstić information content (AvgIpc) is 2.48. The van der Waals surface area contributed by atoms with E-state index in [0.717, 1.165) is 0 Å². The predicted octanol–water partition coefficient (Wildman–Crippen LogP) is 2.87. The summed E-state index contributed by atoms with van der Waals surface area (Å²) >= 11 is 0. The van der Waals surface area contributed by atoms with Gasteiger partial charge in [-0.05, 0) is 24.3 Å². The van der Waals surface area contributed by atoms with Crippen LogP contribution in [0.15, 0.2) is 59.0 Å². The molecule has 3 N–H and O–H groups in total. The van der Waals surface area contributed by atoms with Crippen LogP contribution in [-0.2, 0) is 0 Å². The molecule has 0 saturated heterocycles. The number of anilines is 1. The predicted molar refractivity (Wildman–Crippen MR) is 78.1 cm³/mol. The molecule has 0 atom stereocenters. The van der Waals surface area contributed by atoms with E-state index in [1.165, 1.54) is 12.1 Å². The third kappa shape index (κ3) is 2.49. The van der Waals surface area contributed by atoms with E-state index in [4.69, 9.17) is 9.83 Å². The molecule has 0 aliphatic heterocycles. The van der Waals surface area contributed by atoms with Crippen molar-refractivity contribution in [3.63, 3.8) is 0 Å². The van der Waals surface area contributed by atoms with Gasteiger partial charge in [0.05, 0.1) is 0 Å². The van der Waals surface area contributed by atoms with Gasteiger partial charge in [-0.3, -0.25) is 10.2 Å². The van der Waals surface area contributed by atoms with Crippen LogP contribution in [0.1, 0.15) is 10.4 Å². The van der Waals surface area contributed by atoms with Crippen LogP contribution in [0.4, 0.5) is 5.69 Å². The number of amides is 1. The molecule has 104 valence electrons. The van der Waals surface area contributed by atoms with Gasteiger partial charge in [0.25, 0.3) is 5.91 Å². The highest BCUT2D eigenvalue weighted by molar-refractivity contribution is 6.05. The van der Waals surface area contributed by atoms with Crippen LogP contribution in [-0.4, -0.2) is 11.0 Å². The summed E-state index contributed by atoms with van der Waals surface area (Å²) in [4.78, 5) is 12.2. The summed E-state index contributed by atoms with van der Waals surface area (Å²) in [6, 6.07) is 15.3. The summed E-state index contributed by atoms with van der Waals surface area (Å²) in [5, 5.41) is 20.7. The molecule has 2 aromatic carbocycles. The number of hydrogen-bond donors (Lipinski definition) is 3. The van der Waals surface area contributed by atoms with Crippen LogP contribution in [0.25, 0.3) is 11.0 Å². The Hall–Kier alpha value is -3.08. The number of rotatable bonds is 2. The Bertz CT molecular complexity index is 870. The van der Waals surface area contributed by atoms with Gasteiger partial charge in [-0.15, -0.1) is 0 Å². The van der Waals surface area contributed by atoms with Gasteiger partial charge in [-0.1, -0.05) is 30.3 Å². The third-order valence-corrected chi connectivity index (χ3v) is 3.05. The van der Waals surface area contributed by atoms with Crippen LogP contribution in [0.5, 0.6) is 5.75 Å². The van der Waals surface area contributed by atoms with Gasteiger partial charge >= 0.3 is 0 Å². The molecule has 5 heteroatoms. The third-order valence-electron chi connectivity index (χ3n) is 3.05. The minimum atomic E-state index is -0.430.